The van der Waals surface area contributed by atoms with E-state index >= 15 is 0 Å². The highest BCUT2D eigenvalue weighted by Gasteiger charge is 2.36. The average Bonchev–Trinajstić information content (AvgIpc) is 3.12. The Balaban J connectivity index is 1.62. The predicted octanol–water partition coefficient (Wildman–Crippen LogP) is 3.99. The molecule has 0 radical (unpaired) electrons. The lowest BCUT2D eigenvalue weighted by Crippen LogP contribution is -2.40. The van der Waals surface area contributed by atoms with Crippen molar-refractivity contribution in [1.82, 2.24) is 4.81 Å². The third-order valence-corrected chi connectivity index (χ3v) is 5.95. The molecule has 2 aliphatic rings. The second-order valence-corrected chi connectivity index (χ2v) is 7.84. The van der Waals surface area contributed by atoms with Gasteiger partial charge < -0.3 is 10.1 Å². The van der Waals surface area contributed by atoms with Crippen LogP contribution in [0.5, 0.6) is 0 Å². The number of piperidine rings is 1. The number of aliphatic imine (C=N–C) groups is 1. The summed E-state index contributed by atoms with van der Waals surface area (Å²) in [6, 6.07) is 28.0. The maximum atomic E-state index is 5.19. The second kappa shape index (κ2) is 7.29. The molecule has 5 rings (SSSR count). The third-order valence-electron chi connectivity index (χ3n) is 5.95. The zero-order valence-electron chi connectivity index (χ0n) is 16.2. The molecule has 0 spiro atoms. The van der Waals surface area contributed by atoms with Crippen molar-refractivity contribution in [3.63, 3.8) is 0 Å². The molecule has 1 saturated heterocycles. The zero-order valence-corrected chi connectivity index (χ0v) is 16.2. The standard InChI is InChI=1S/C24H24BN3/c25-28-15-14-21-20(16-28)19-12-7-13-22(24(19)26-21)27-23(17-8-3-1-4-9-17)18-10-5-2-6-11-18/h1-13,20-21,26H,14-16,25H2/t20-,21-/m0/s1. The molecule has 0 saturated carbocycles. The summed E-state index contributed by atoms with van der Waals surface area (Å²) in [5.41, 5.74) is 6.97. The molecular formula is C24H24BN3. The van der Waals surface area contributed by atoms with Gasteiger partial charge in [0.1, 0.15) is 0 Å². The summed E-state index contributed by atoms with van der Waals surface area (Å²) in [5.74, 6) is 0.556. The number of hydrogen-bond acceptors (Lipinski definition) is 3. The van der Waals surface area contributed by atoms with E-state index in [1.54, 1.807) is 0 Å². The van der Waals surface area contributed by atoms with E-state index in [2.05, 4.69) is 97.0 Å². The van der Waals surface area contributed by atoms with Gasteiger partial charge in [0.05, 0.1) is 17.1 Å². The Kier molecular flexibility index (Phi) is 4.49. The molecule has 138 valence electrons. The minimum atomic E-state index is 0.527. The van der Waals surface area contributed by atoms with Crippen molar-refractivity contribution in [2.24, 2.45) is 4.99 Å². The molecular weight excluding hydrogens is 341 g/mol. The Bertz CT molecular complexity index is 959. The van der Waals surface area contributed by atoms with Gasteiger partial charge in [0, 0.05) is 23.1 Å². The van der Waals surface area contributed by atoms with Crippen LogP contribution in [0.15, 0.2) is 83.9 Å². The number of nitrogens with zero attached hydrogens (tertiary/aromatic N) is 2. The second-order valence-electron chi connectivity index (χ2n) is 7.84. The lowest BCUT2D eigenvalue weighted by molar-refractivity contribution is 0.319. The molecule has 3 nitrogen and oxygen atoms in total. The highest BCUT2D eigenvalue weighted by atomic mass is 15.1. The number of anilines is 1. The summed E-state index contributed by atoms with van der Waals surface area (Å²) in [4.78, 5) is 7.63. The normalized spacial score (nSPS) is 20.7. The fraction of sp³-hybridized carbons (Fsp3) is 0.208. The lowest BCUT2D eigenvalue weighted by Gasteiger charge is -2.32. The van der Waals surface area contributed by atoms with Gasteiger partial charge in [-0.05, 0) is 31.1 Å². The van der Waals surface area contributed by atoms with Crippen LogP contribution in [0.3, 0.4) is 0 Å². The minimum absolute atomic E-state index is 0.527. The van der Waals surface area contributed by atoms with Crippen LogP contribution >= 0.6 is 0 Å². The third kappa shape index (κ3) is 3.14. The fourth-order valence-electron chi connectivity index (χ4n) is 4.51. The van der Waals surface area contributed by atoms with Crippen LogP contribution in [-0.4, -0.2) is 37.6 Å². The Hall–Kier alpha value is -2.85. The van der Waals surface area contributed by atoms with E-state index in [1.165, 1.54) is 17.7 Å². The van der Waals surface area contributed by atoms with E-state index < -0.39 is 0 Å². The van der Waals surface area contributed by atoms with Crippen LogP contribution in [0.1, 0.15) is 29.0 Å². The first-order valence-electron chi connectivity index (χ1n) is 10.1. The molecule has 2 atom stereocenters. The number of para-hydroxylation sites is 1. The number of nitrogens with one attached hydrogen (secondary N) is 1. The first-order chi connectivity index (χ1) is 13.8. The predicted molar refractivity (Wildman–Crippen MR) is 120 cm³/mol. The highest BCUT2D eigenvalue weighted by molar-refractivity contribution is 6.14. The van der Waals surface area contributed by atoms with E-state index in [4.69, 9.17) is 4.99 Å². The van der Waals surface area contributed by atoms with Gasteiger partial charge in [-0.3, -0.25) is 0 Å². The van der Waals surface area contributed by atoms with Crippen molar-refractivity contribution in [2.75, 3.05) is 18.4 Å². The number of benzene rings is 3. The van der Waals surface area contributed by atoms with Crippen LogP contribution in [0.4, 0.5) is 11.4 Å². The zero-order chi connectivity index (χ0) is 18.9. The monoisotopic (exact) mass is 365 g/mol. The molecule has 0 unspecified atom stereocenters. The van der Waals surface area contributed by atoms with Crippen LogP contribution in [0.2, 0.25) is 0 Å². The number of rotatable bonds is 3. The maximum Gasteiger partial charge on any atom is 0.185 e. The van der Waals surface area contributed by atoms with Crippen molar-refractivity contribution in [3.05, 3.63) is 95.6 Å². The van der Waals surface area contributed by atoms with Crippen LogP contribution in [-0.2, 0) is 0 Å². The van der Waals surface area contributed by atoms with E-state index in [0.29, 0.717) is 12.0 Å². The van der Waals surface area contributed by atoms with Gasteiger partial charge >= 0.3 is 0 Å². The molecule has 2 aliphatic heterocycles. The highest BCUT2D eigenvalue weighted by Crippen LogP contribution is 2.44. The molecule has 0 bridgehead atoms. The molecule has 0 amide bonds. The van der Waals surface area contributed by atoms with Gasteiger partial charge in [0.25, 0.3) is 0 Å². The summed E-state index contributed by atoms with van der Waals surface area (Å²) < 4.78 is 0. The van der Waals surface area contributed by atoms with E-state index in [1.807, 2.05) is 0 Å². The molecule has 1 fully saturated rings. The molecule has 0 aliphatic carbocycles. The topological polar surface area (TPSA) is 27.6 Å². The summed E-state index contributed by atoms with van der Waals surface area (Å²) in [6.07, 6.45) is 1.18. The summed E-state index contributed by atoms with van der Waals surface area (Å²) in [7, 11) is 2.22. The van der Waals surface area contributed by atoms with Crippen LogP contribution in [0, 0.1) is 0 Å². The SMILES string of the molecule is BN1CC[C@@H]2Nc3c(N=C(c4ccccc4)c4ccccc4)cccc3[C@@H]2C1. The Morgan fingerprint density at radius 1 is 0.893 bits per heavy atom. The van der Waals surface area contributed by atoms with Crippen molar-refractivity contribution in [2.45, 2.75) is 18.4 Å². The molecule has 28 heavy (non-hydrogen) atoms. The fourth-order valence-corrected chi connectivity index (χ4v) is 4.51. The van der Waals surface area contributed by atoms with E-state index in [0.717, 1.165) is 35.6 Å². The quantitative estimate of drug-likeness (QED) is 0.562. The van der Waals surface area contributed by atoms with Crippen LogP contribution < -0.4 is 5.32 Å². The molecule has 3 aromatic carbocycles. The molecule has 3 aromatic rings. The average molecular weight is 365 g/mol. The van der Waals surface area contributed by atoms with Crippen molar-refractivity contribution in [3.8, 4) is 0 Å². The van der Waals surface area contributed by atoms with E-state index in [-0.39, 0.29) is 0 Å². The lowest BCUT2D eigenvalue weighted by atomic mass is 9.88. The maximum absolute atomic E-state index is 5.19. The van der Waals surface area contributed by atoms with Gasteiger partial charge in [-0.15, -0.1) is 0 Å². The van der Waals surface area contributed by atoms with Crippen molar-refractivity contribution < 1.29 is 0 Å². The minimum Gasteiger partial charge on any atom is -0.380 e. The summed E-state index contributed by atoms with van der Waals surface area (Å²) >= 11 is 0. The Labute approximate surface area is 167 Å². The van der Waals surface area contributed by atoms with E-state index in [9.17, 15) is 0 Å². The molecule has 2 heterocycles. The van der Waals surface area contributed by atoms with Gasteiger partial charge in [-0.2, -0.15) is 0 Å². The Morgan fingerprint density at radius 3 is 2.25 bits per heavy atom. The van der Waals surface area contributed by atoms with Crippen molar-refractivity contribution in [1.29, 1.82) is 0 Å². The largest absolute Gasteiger partial charge is 0.380 e. The van der Waals surface area contributed by atoms with Gasteiger partial charge in [0.15, 0.2) is 7.98 Å². The molecule has 0 aromatic heterocycles. The summed E-state index contributed by atoms with van der Waals surface area (Å²) in [5, 5.41) is 3.80. The summed E-state index contributed by atoms with van der Waals surface area (Å²) in [6.45, 7) is 2.27. The van der Waals surface area contributed by atoms with Crippen molar-refractivity contribution >= 4 is 25.1 Å². The Morgan fingerprint density at radius 2 is 1.57 bits per heavy atom. The van der Waals surface area contributed by atoms with Gasteiger partial charge in [-0.25, -0.2) is 4.99 Å². The first kappa shape index (κ1) is 17.3. The smallest absolute Gasteiger partial charge is 0.185 e. The van der Waals surface area contributed by atoms with Crippen LogP contribution in [0.25, 0.3) is 0 Å². The molecule has 4 heteroatoms. The van der Waals surface area contributed by atoms with Gasteiger partial charge in [-0.1, -0.05) is 72.8 Å². The van der Waals surface area contributed by atoms with Gasteiger partial charge in [0.2, 0.25) is 0 Å². The number of fused-ring (bicyclic) bond motifs is 3. The first-order valence-corrected chi connectivity index (χ1v) is 10.1. The number of hydrogen-bond donors (Lipinski definition) is 1. The molecule has 1 N–H and O–H groups in total.